The molecule has 152 valence electrons. The molecule has 0 amide bonds. The lowest BCUT2D eigenvalue weighted by Gasteiger charge is -2.11. The Kier molecular flexibility index (Phi) is 6.29. The van der Waals surface area contributed by atoms with Crippen molar-refractivity contribution in [2.75, 3.05) is 16.6 Å². The highest BCUT2D eigenvalue weighted by molar-refractivity contribution is 14.1. The summed E-state index contributed by atoms with van der Waals surface area (Å²) in [4.78, 5) is 3.91. The van der Waals surface area contributed by atoms with Gasteiger partial charge in [0.25, 0.3) is 20.0 Å². The predicted molar refractivity (Wildman–Crippen MR) is 118 cm³/mol. The summed E-state index contributed by atoms with van der Waals surface area (Å²) in [7, 11) is -6.16. The van der Waals surface area contributed by atoms with Gasteiger partial charge in [-0.1, -0.05) is 0 Å². The van der Waals surface area contributed by atoms with Gasteiger partial charge in [0.05, 0.1) is 32.4 Å². The second kappa shape index (κ2) is 8.55. The van der Waals surface area contributed by atoms with E-state index in [4.69, 9.17) is 4.74 Å². The molecular weight excluding hydrogens is 529 g/mol. The quantitative estimate of drug-likeness (QED) is 0.441. The van der Waals surface area contributed by atoms with Crippen LogP contribution in [0.2, 0.25) is 0 Å². The Morgan fingerprint density at radius 1 is 0.862 bits per heavy atom. The Labute approximate surface area is 182 Å². The van der Waals surface area contributed by atoms with Crippen molar-refractivity contribution in [1.82, 2.24) is 4.98 Å². The van der Waals surface area contributed by atoms with Crippen molar-refractivity contribution in [2.45, 2.75) is 9.79 Å². The van der Waals surface area contributed by atoms with Crippen LogP contribution in [-0.2, 0) is 20.0 Å². The number of halogens is 1. The van der Waals surface area contributed by atoms with Gasteiger partial charge in [-0.3, -0.25) is 14.4 Å². The third kappa shape index (κ3) is 5.16. The number of hydrogen-bond acceptors (Lipinski definition) is 6. The molecule has 3 rings (SSSR count). The lowest BCUT2D eigenvalue weighted by Crippen LogP contribution is -2.15. The summed E-state index contributed by atoms with van der Waals surface area (Å²) in [6, 6.07) is 13.0. The number of rotatable bonds is 7. The van der Waals surface area contributed by atoms with Gasteiger partial charge in [0, 0.05) is 11.9 Å². The first kappa shape index (κ1) is 21.3. The molecule has 0 atom stereocenters. The molecule has 29 heavy (non-hydrogen) atoms. The molecule has 2 aromatic carbocycles. The second-order valence-electron chi connectivity index (χ2n) is 5.77. The van der Waals surface area contributed by atoms with Crippen LogP contribution in [0.4, 0.5) is 11.4 Å². The van der Waals surface area contributed by atoms with Gasteiger partial charge in [-0.05, 0) is 77.2 Å². The zero-order valence-electron chi connectivity index (χ0n) is 15.0. The number of anilines is 2. The van der Waals surface area contributed by atoms with Crippen LogP contribution in [-0.4, -0.2) is 28.9 Å². The Bertz CT molecular complexity index is 1220. The highest BCUT2D eigenvalue weighted by Crippen LogP contribution is 2.25. The van der Waals surface area contributed by atoms with E-state index >= 15 is 0 Å². The maximum atomic E-state index is 12.6. The molecule has 0 unspecified atom stereocenters. The molecule has 1 aromatic heterocycles. The van der Waals surface area contributed by atoms with Gasteiger partial charge in [0.15, 0.2) is 0 Å². The molecule has 0 saturated heterocycles. The number of sulfonamides is 2. The van der Waals surface area contributed by atoms with Crippen molar-refractivity contribution >= 4 is 54.0 Å². The smallest absolute Gasteiger partial charge is 0.261 e. The van der Waals surface area contributed by atoms with Crippen LogP contribution in [0.1, 0.15) is 0 Å². The molecule has 2 N–H and O–H groups in total. The van der Waals surface area contributed by atoms with Crippen LogP contribution in [0.5, 0.6) is 5.75 Å². The van der Waals surface area contributed by atoms with E-state index in [1.807, 2.05) is 22.6 Å². The number of aromatic nitrogens is 1. The van der Waals surface area contributed by atoms with Crippen molar-refractivity contribution in [1.29, 1.82) is 0 Å². The summed E-state index contributed by atoms with van der Waals surface area (Å²) in [5.74, 6) is 0.570. The van der Waals surface area contributed by atoms with Gasteiger partial charge in [-0.2, -0.15) is 0 Å². The monoisotopic (exact) mass is 545 g/mol. The van der Waals surface area contributed by atoms with Gasteiger partial charge < -0.3 is 4.74 Å². The van der Waals surface area contributed by atoms with Gasteiger partial charge in [0.1, 0.15) is 5.75 Å². The zero-order valence-corrected chi connectivity index (χ0v) is 18.8. The zero-order chi connectivity index (χ0) is 21.1. The van der Waals surface area contributed by atoms with E-state index in [1.165, 1.54) is 55.9 Å². The molecule has 0 spiro atoms. The molecule has 0 aliphatic rings. The first-order valence-corrected chi connectivity index (χ1v) is 12.1. The van der Waals surface area contributed by atoms with E-state index < -0.39 is 20.0 Å². The molecular formula is C18H16IN3O5S2. The van der Waals surface area contributed by atoms with Gasteiger partial charge in [0.2, 0.25) is 0 Å². The highest BCUT2D eigenvalue weighted by Gasteiger charge is 2.18. The fourth-order valence-corrected chi connectivity index (χ4v) is 5.44. The fourth-order valence-electron chi connectivity index (χ4n) is 2.37. The molecule has 11 heteroatoms. The number of pyridine rings is 1. The number of benzene rings is 2. The number of methoxy groups -OCH3 is 1. The van der Waals surface area contributed by atoms with E-state index in [-0.39, 0.29) is 15.5 Å². The van der Waals surface area contributed by atoms with Crippen LogP contribution in [0.3, 0.4) is 0 Å². The Morgan fingerprint density at radius 3 is 2.07 bits per heavy atom. The van der Waals surface area contributed by atoms with Crippen molar-refractivity contribution in [3.05, 3.63) is 70.6 Å². The average Bonchev–Trinajstić information content (AvgIpc) is 2.68. The first-order valence-electron chi connectivity index (χ1n) is 8.10. The normalized spacial score (nSPS) is 11.7. The lowest BCUT2D eigenvalue weighted by atomic mass is 10.3. The minimum atomic E-state index is -3.84. The average molecular weight is 545 g/mol. The lowest BCUT2D eigenvalue weighted by molar-refractivity contribution is 0.411. The van der Waals surface area contributed by atoms with Gasteiger partial charge >= 0.3 is 0 Å². The molecule has 0 radical (unpaired) electrons. The molecule has 0 saturated carbocycles. The number of nitrogens with one attached hydrogen (secondary N) is 2. The number of nitrogens with zero attached hydrogens (tertiary/aromatic N) is 1. The molecule has 3 aromatic rings. The fraction of sp³-hybridized carbons (Fsp3) is 0.0556. The SMILES string of the molecule is COc1ccc(S(=O)(=O)Nc2ccc(S(=O)(=O)Nc3cccnc3)cc2)cc1I. The van der Waals surface area contributed by atoms with Gasteiger partial charge in [-0.15, -0.1) is 0 Å². The van der Waals surface area contributed by atoms with E-state index in [1.54, 1.807) is 18.2 Å². The molecule has 0 aliphatic heterocycles. The standard InChI is InChI=1S/C18H16IN3O5S2/c1-27-18-9-8-16(11-17(18)19)29(25,26)21-13-4-6-15(7-5-13)28(23,24)22-14-3-2-10-20-12-14/h2-12,21-22H,1H3. The van der Waals surface area contributed by atoms with E-state index in [0.29, 0.717) is 15.0 Å². The highest BCUT2D eigenvalue weighted by atomic mass is 127. The van der Waals surface area contributed by atoms with Crippen LogP contribution in [0, 0.1) is 3.57 Å². The minimum absolute atomic E-state index is 0.0108. The largest absolute Gasteiger partial charge is 0.496 e. The maximum absolute atomic E-state index is 12.6. The minimum Gasteiger partial charge on any atom is -0.496 e. The third-order valence-electron chi connectivity index (χ3n) is 3.76. The van der Waals surface area contributed by atoms with Crippen molar-refractivity contribution < 1.29 is 21.6 Å². The summed E-state index contributed by atoms with van der Waals surface area (Å²) < 4.78 is 60.6. The number of hydrogen-bond donors (Lipinski definition) is 2. The van der Waals surface area contributed by atoms with E-state index in [2.05, 4.69) is 14.4 Å². The summed E-state index contributed by atoms with van der Waals surface area (Å²) >= 11 is 1.98. The molecule has 0 bridgehead atoms. The van der Waals surface area contributed by atoms with Crippen LogP contribution in [0.15, 0.2) is 76.8 Å². The van der Waals surface area contributed by atoms with Crippen LogP contribution >= 0.6 is 22.6 Å². The maximum Gasteiger partial charge on any atom is 0.261 e. The summed E-state index contributed by atoms with van der Waals surface area (Å²) in [6.07, 6.45) is 2.92. The summed E-state index contributed by atoms with van der Waals surface area (Å²) in [5.41, 5.74) is 0.558. The molecule has 0 aliphatic carbocycles. The second-order valence-corrected chi connectivity index (χ2v) is 10.3. The number of ether oxygens (including phenoxy) is 1. The topological polar surface area (TPSA) is 114 Å². The molecule has 1 heterocycles. The first-order chi connectivity index (χ1) is 13.7. The Balaban J connectivity index is 1.79. The van der Waals surface area contributed by atoms with E-state index in [0.717, 1.165) is 0 Å². The van der Waals surface area contributed by atoms with Crippen molar-refractivity contribution in [2.24, 2.45) is 0 Å². The summed E-state index contributed by atoms with van der Waals surface area (Å²) in [6.45, 7) is 0. The van der Waals surface area contributed by atoms with E-state index in [9.17, 15) is 16.8 Å². The van der Waals surface area contributed by atoms with Crippen LogP contribution in [0.25, 0.3) is 0 Å². The summed E-state index contributed by atoms with van der Waals surface area (Å²) in [5, 5.41) is 0. The Morgan fingerprint density at radius 2 is 1.48 bits per heavy atom. The van der Waals surface area contributed by atoms with Crippen molar-refractivity contribution in [3.63, 3.8) is 0 Å². The predicted octanol–water partition coefficient (Wildman–Crippen LogP) is 3.30. The van der Waals surface area contributed by atoms with Crippen molar-refractivity contribution in [3.8, 4) is 5.75 Å². The molecule has 0 fully saturated rings. The van der Waals surface area contributed by atoms with Crippen LogP contribution < -0.4 is 14.2 Å². The van der Waals surface area contributed by atoms with Gasteiger partial charge in [-0.25, -0.2) is 16.8 Å². The Hall–Kier alpha value is -2.38. The molecule has 8 nitrogen and oxygen atoms in total. The third-order valence-corrected chi connectivity index (χ3v) is 7.38.